The Bertz CT molecular complexity index is 369. The predicted molar refractivity (Wildman–Crippen MR) is 59.4 cm³/mol. The van der Waals surface area contributed by atoms with Crippen molar-refractivity contribution >= 4 is 17.3 Å². The Morgan fingerprint density at radius 2 is 2.00 bits per heavy atom. The monoisotopic (exact) mass is 206 g/mol. The van der Waals surface area contributed by atoms with E-state index >= 15 is 0 Å². The molecule has 0 unspecified atom stereocenters. The van der Waals surface area contributed by atoms with E-state index < -0.39 is 0 Å². The number of carbonyl (C=O) groups is 1. The highest BCUT2D eigenvalue weighted by Gasteiger charge is 2.01. The van der Waals surface area contributed by atoms with Gasteiger partial charge in [-0.05, 0) is 24.1 Å². The lowest BCUT2D eigenvalue weighted by Gasteiger charge is -2.04. The van der Waals surface area contributed by atoms with Crippen molar-refractivity contribution < 1.29 is 10.0 Å². The minimum Gasteiger partial charge on any atom is -0.411 e. The van der Waals surface area contributed by atoms with Gasteiger partial charge in [-0.1, -0.05) is 24.2 Å². The molecule has 2 N–H and O–H groups in total. The first-order chi connectivity index (χ1) is 7.17. The van der Waals surface area contributed by atoms with Gasteiger partial charge in [0.1, 0.15) is 0 Å². The number of benzene rings is 1. The molecule has 1 aromatic rings. The number of amides is 1. The van der Waals surface area contributed by atoms with Crippen molar-refractivity contribution in [2.24, 2.45) is 5.16 Å². The fourth-order valence-corrected chi connectivity index (χ4v) is 1.28. The van der Waals surface area contributed by atoms with E-state index in [9.17, 15) is 4.79 Å². The lowest BCUT2D eigenvalue weighted by atomic mass is 10.1. The topological polar surface area (TPSA) is 61.7 Å². The number of nitrogens with one attached hydrogen (secondary N) is 1. The Balaban J connectivity index is 2.85. The Morgan fingerprint density at radius 3 is 2.40 bits per heavy atom. The normalized spacial score (nSPS) is 11.2. The average Bonchev–Trinajstić information content (AvgIpc) is 2.21. The molecule has 0 spiro atoms. The van der Waals surface area contributed by atoms with E-state index in [1.54, 1.807) is 12.1 Å². The molecule has 4 nitrogen and oxygen atoms in total. The zero-order chi connectivity index (χ0) is 11.3. The number of hydrogen-bond acceptors (Lipinski definition) is 3. The summed E-state index contributed by atoms with van der Waals surface area (Å²) in [7, 11) is 0. The van der Waals surface area contributed by atoms with E-state index in [0.29, 0.717) is 12.1 Å². The molecule has 1 amide bonds. The molecule has 0 fully saturated rings. The van der Waals surface area contributed by atoms with E-state index in [2.05, 4.69) is 10.5 Å². The van der Waals surface area contributed by atoms with E-state index in [4.69, 9.17) is 5.21 Å². The van der Waals surface area contributed by atoms with Crippen LogP contribution in [0.3, 0.4) is 0 Å². The van der Waals surface area contributed by atoms with E-state index in [1.165, 1.54) is 6.92 Å². The van der Waals surface area contributed by atoms with Crippen molar-refractivity contribution in [3.8, 4) is 0 Å². The van der Waals surface area contributed by atoms with Crippen LogP contribution in [0, 0.1) is 0 Å². The number of oxime groups is 1. The van der Waals surface area contributed by atoms with Crippen LogP contribution in [0.4, 0.5) is 5.69 Å². The molecule has 0 saturated heterocycles. The number of nitrogens with zero attached hydrogens (tertiary/aromatic N) is 1. The van der Waals surface area contributed by atoms with Crippen molar-refractivity contribution in [2.45, 2.75) is 20.3 Å². The molecule has 80 valence electrons. The number of rotatable bonds is 3. The lowest BCUT2D eigenvalue weighted by molar-refractivity contribution is -0.114. The lowest BCUT2D eigenvalue weighted by Crippen LogP contribution is -2.06. The quantitative estimate of drug-likeness (QED) is 0.452. The maximum Gasteiger partial charge on any atom is 0.221 e. The van der Waals surface area contributed by atoms with Crippen molar-refractivity contribution in [2.75, 3.05) is 5.32 Å². The van der Waals surface area contributed by atoms with Gasteiger partial charge in [0.2, 0.25) is 5.91 Å². The largest absolute Gasteiger partial charge is 0.411 e. The summed E-state index contributed by atoms with van der Waals surface area (Å²) in [5.41, 5.74) is 2.22. The molecule has 0 aromatic heterocycles. The maximum atomic E-state index is 10.8. The summed E-state index contributed by atoms with van der Waals surface area (Å²) < 4.78 is 0. The van der Waals surface area contributed by atoms with Crippen LogP contribution in [0.2, 0.25) is 0 Å². The first kappa shape index (κ1) is 11.2. The van der Waals surface area contributed by atoms with Crippen LogP contribution in [0.25, 0.3) is 0 Å². The molecule has 0 aliphatic heterocycles. The molecule has 0 atom stereocenters. The molecule has 1 aromatic carbocycles. The summed E-state index contributed by atoms with van der Waals surface area (Å²) in [6, 6.07) is 7.17. The van der Waals surface area contributed by atoms with Crippen molar-refractivity contribution in [1.29, 1.82) is 0 Å². The molecule has 0 heterocycles. The van der Waals surface area contributed by atoms with Crippen molar-refractivity contribution in [3.05, 3.63) is 29.8 Å². The second-order valence-electron chi connectivity index (χ2n) is 3.16. The predicted octanol–water partition coefficient (Wildman–Crippen LogP) is 2.23. The van der Waals surface area contributed by atoms with Crippen molar-refractivity contribution in [1.82, 2.24) is 0 Å². The summed E-state index contributed by atoms with van der Waals surface area (Å²) in [6.45, 7) is 3.37. The number of carbonyl (C=O) groups excluding carboxylic acids is 1. The van der Waals surface area contributed by atoms with Gasteiger partial charge in [0.15, 0.2) is 0 Å². The van der Waals surface area contributed by atoms with Gasteiger partial charge < -0.3 is 10.5 Å². The molecule has 0 aliphatic carbocycles. The van der Waals surface area contributed by atoms with Crippen LogP contribution in [0.15, 0.2) is 29.4 Å². The Labute approximate surface area is 88.6 Å². The van der Waals surface area contributed by atoms with Crippen LogP contribution in [-0.2, 0) is 4.79 Å². The van der Waals surface area contributed by atoms with Gasteiger partial charge in [0.05, 0.1) is 5.71 Å². The van der Waals surface area contributed by atoms with Gasteiger partial charge >= 0.3 is 0 Å². The fourth-order valence-electron chi connectivity index (χ4n) is 1.28. The third-order valence-corrected chi connectivity index (χ3v) is 1.99. The third kappa shape index (κ3) is 3.09. The average molecular weight is 206 g/mol. The van der Waals surface area contributed by atoms with Crippen LogP contribution in [0.5, 0.6) is 0 Å². The van der Waals surface area contributed by atoms with Gasteiger partial charge in [0.25, 0.3) is 0 Å². The molecule has 0 aliphatic rings. The first-order valence-corrected chi connectivity index (χ1v) is 4.76. The van der Waals surface area contributed by atoms with Gasteiger partial charge in [-0.15, -0.1) is 0 Å². The summed E-state index contributed by atoms with van der Waals surface area (Å²) in [5.74, 6) is -0.103. The highest BCUT2D eigenvalue weighted by atomic mass is 16.4. The number of hydrogen-bond donors (Lipinski definition) is 2. The molecule has 1 rings (SSSR count). The highest BCUT2D eigenvalue weighted by molar-refractivity contribution is 6.00. The molecule has 15 heavy (non-hydrogen) atoms. The molecular formula is C11H14N2O2. The smallest absolute Gasteiger partial charge is 0.221 e. The molecule has 0 saturated carbocycles. The highest BCUT2D eigenvalue weighted by Crippen LogP contribution is 2.11. The van der Waals surface area contributed by atoms with Crippen molar-refractivity contribution in [3.63, 3.8) is 0 Å². The van der Waals surface area contributed by atoms with Crippen LogP contribution in [0.1, 0.15) is 25.8 Å². The molecule has 0 bridgehead atoms. The van der Waals surface area contributed by atoms with E-state index in [0.717, 1.165) is 11.3 Å². The standard InChI is InChI=1S/C11H14N2O2/c1-3-11(13-15)9-4-6-10(7-5-9)12-8(2)14/h4-7,15H,3H2,1-2H3,(H,12,14). The molecule has 0 radical (unpaired) electrons. The van der Waals surface area contributed by atoms with E-state index in [-0.39, 0.29) is 5.91 Å². The summed E-state index contributed by atoms with van der Waals surface area (Å²) in [5, 5.41) is 14.6. The molecule has 4 heteroatoms. The zero-order valence-corrected chi connectivity index (χ0v) is 8.82. The zero-order valence-electron chi connectivity index (χ0n) is 8.82. The second-order valence-corrected chi connectivity index (χ2v) is 3.16. The van der Waals surface area contributed by atoms with Crippen LogP contribution >= 0.6 is 0 Å². The van der Waals surface area contributed by atoms with Crippen LogP contribution in [-0.4, -0.2) is 16.8 Å². The SMILES string of the molecule is CCC(=NO)c1ccc(NC(C)=O)cc1. The number of anilines is 1. The van der Waals surface area contributed by atoms with Gasteiger partial charge in [-0.25, -0.2) is 0 Å². The summed E-state index contributed by atoms with van der Waals surface area (Å²) >= 11 is 0. The first-order valence-electron chi connectivity index (χ1n) is 4.76. The summed E-state index contributed by atoms with van der Waals surface area (Å²) in [6.07, 6.45) is 0.663. The third-order valence-electron chi connectivity index (χ3n) is 1.99. The molecular weight excluding hydrogens is 192 g/mol. The maximum absolute atomic E-state index is 10.8. The van der Waals surface area contributed by atoms with Gasteiger partial charge in [-0.2, -0.15) is 0 Å². The Morgan fingerprint density at radius 1 is 1.40 bits per heavy atom. The minimum absolute atomic E-state index is 0.103. The van der Waals surface area contributed by atoms with Gasteiger partial charge in [0, 0.05) is 12.6 Å². The summed E-state index contributed by atoms with van der Waals surface area (Å²) in [4.78, 5) is 10.8. The Kier molecular flexibility index (Phi) is 3.85. The van der Waals surface area contributed by atoms with E-state index in [1.807, 2.05) is 19.1 Å². The Hall–Kier alpha value is -1.84. The van der Waals surface area contributed by atoms with Gasteiger partial charge in [-0.3, -0.25) is 4.79 Å². The second kappa shape index (κ2) is 5.14. The van der Waals surface area contributed by atoms with Crippen LogP contribution < -0.4 is 5.32 Å². The minimum atomic E-state index is -0.103. The fraction of sp³-hybridized carbons (Fsp3) is 0.273.